The Hall–Kier alpha value is -4.55. The van der Waals surface area contributed by atoms with Crippen molar-refractivity contribution in [1.82, 2.24) is 9.88 Å². The topological polar surface area (TPSA) is 138 Å². The summed E-state index contributed by atoms with van der Waals surface area (Å²) in [6.07, 6.45) is 1.47. The van der Waals surface area contributed by atoms with Gasteiger partial charge in [0, 0.05) is 43.3 Å². The van der Waals surface area contributed by atoms with Crippen LogP contribution < -0.4 is 15.5 Å². The van der Waals surface area contributed by atoms with Crippen LogP contribution >= 0.6 is 0 Å². The summed E-state index contributed by atoms with van der Waals surface area (Å²) in [5.74, 6) is -0.963. The van der Waals surface area contributed by atoms with Gasteiger partial charge < -0.3 is 20.3 Å². The van der Waals surface area contributed by atoms with Gasteiger partial charge in [-0.05, 0) is 35.9 Å². The Balaban J connectivity index is 1.39. The highest BCUT2D eigenvalue weighted by Gasteiger charge is 2.30. The molecule has 2 aromatic carbocycles. The number of nitrogens with zero attached hydrogens (tertiary/aromatic N) is 3. The molecule has 0 bridgehead atoms. The van der Waals surface area contributed by atoms with E-state index in [1.165, 1.54) is 24.3 Å². The molecule has 3 heterocycles. The smallest absolute Gasteiger partial charge is 0.356 e. The van der Waals surface area contributed by atoms with Gasteiger partial charge in [-0.1, -0.05) is 30.3 Å². The van der Waals surface area contributed by atoms with Gasteiger partial charge in [0.05, 0.1) is 42.1 Å². The van der Waals surface area contributed by atoms with E-state index >= 15 is 0 Å². The molecule has 41 heavy (non-hydrogen) atoms. The molecule has 0 saturated carbocycles. The lowest BCUT2D eigenvalue weighted by Crippen LogP contribution is -2.45. The highest BCUT2D eigenvalue weighted by atomic mass is 32.2. The number of carbonyl (C=O) groups is 3. The maximum atomic E-state index is 13.2. The van der Waals surface area contributed by atoms with Crippen LogP contribution in [0.3, 0.4) is 0 Å². The number of fused-ring (bicyclic) bond motifs is 1. The number of likely N-dealkylation sites (N-methyl/N-ethyl adjacent to an activating group) is 1. The molecule has 1 fully saturated rings. The molecule has 12 heteroatoms. The molecule has 0 spiro atoms. The lowest BCUT2D eigenvalue weighted by molar-refractivity contribution is -0.119. The third-order valence-corrected chi connectivity index (χ3v) is 8.66. The zero-order valence-corrected chi connectivity index (χ0v) is 23.4. The van der Waals surface area contributed by atoms with Gasteiger partial charge in [-0.3, -0.25) is 14.5 Å². The Morgan fingerprint density at radius 2 is 1.76 bits per heavy atom. The number of ether oxygens (including phenoxy) is 1. The summed E-state index contributed by atoms with van der Waals surface area (Å²) in [5, 5.41) is 6.17. The van der Waals surface area contributed by atoms with Crippen LogP contribution in [0.15, 0.2) is 66.9 Å². The Labute approximate surface area is 237 Å². The number of hydrogen-bond acceptors (Lipinski definition) is 9. The first-order valence-corrected chi connectivity index (χ1v) is 14.7. The van der Waals surface area contributed by atoms with E-state index < -0.39 is 15.8 Å². The first kappa shape index (κ1) is 28.0. The largest absolute Gasteiger partial charge is 0.464 e. The molecule has 0 atom stereocenters. The van der Waals surface area contributed by atoms with E-state index in [2.05, 4.69) is 15.6 Å². The molecule has 2 N–H and O–H groups in total. The molecule has 11 nitrogen and oxygen atoms in total. The molecule has 0 aliphatic carbocycles. The number of anilines is 3. The molecule has 2 amide bonds. The molecule has 2 aliphatic rings. The molecule has 3 aromatic rings. The number of benzene rings is 2. The van der Waals surface area contributed by atoms with Crippen LogP contribution in [0.4, 0.5) is 17.1 Å². The number of sulfone groups is 1. The van der Waals surface area contributed by atoms with Crippen LogP contribution in [0.5, 0.6) is 0 Å². The van der Waals surface area contributed by atoms with Crippen LogP contribution in [0.1, 0.15) is 21.6 Å². The number of amides is 2. The van der Waals surface area contributed by atoms with Gasteiger partial charge in [0.2, 0.25) is 5.91 Å². The van der Waals surface area contributed by atoms with Crippen molar-refractivity contribution in [3.8, 4) is 0 Å². The minimum Gasteiger partial charge on any atom is -0.464 e. The molecule has 5 rings (SSSR count). The third-order valence-electron chi connectivity index (χ3n) is 7.05. The van der Waals surface area contributed by atoms with E-state index in [4.69, 9.17) is 4.74 Å². The fraction of sp³-hybridized carbons (Fsp3) is 0.241. The van der Waals surface area contributed by atoms with Crippen molar-refractivity contribution in [3.05, 3.63) is 83.7 Å². The number of aromatic nitrogens is 1. The van der Waals surface area contributed by atoms with Crippen molar-refractivity contribution in [2.24, 2.45) is 0 Å². The SMILES string of the molecule is COC(=O)c1cc2c(cn1)/C(=C(/Nc1ccc(N(C)C(=O)CN3CCS(=O)(=O)CC3)cc1)c1ccccc1)C(=O)N2. The fourth-order valence-corrected chi connectivity index (χ4v) is 5.95. The summed E-state index contributed by atoms with van der Waals surface area (Å²) >= 11 is 0. The van der Waals surface area contributed by atoms with E-state index in [0.29, 0.717) is 47.0 Å². The average Bonchev–Trinajstić information content (AvgIpc) is 3.31. The highest BCUT2D eigenvalue weighted by Crippen LogP contribution is 2.37. The van der Waals surface area contributed by atoms with Crippen LogP contribution in [-0.2, 0) is 24.2 Å². The molecule has 1 saturated heterocycles. The first-order valence-electron chi connectivity index (χ1n) is 12.9. The van der Waals surface area contributed by atoms with Gasteiger partial charge in [0.15, 0.2) is 9.84 Å². The zero-order valence-electron chi connectivity index (χ0n) is 22.6. The van der Waals surface area contributed by atoms with E-state index in [1.807, 2.05) is 47.4 Å². The van der Waals surface area contributed by atoms with E-state index in [0.717, 1.165) is 5.56 Å². The van der Waals surface area contributed by atoms with Crippen molar-refractivity contribution in [2.45, 2.75) is 0 Å². The number of methoxy groups -OCH3 is 1. The van der Waals surface area contributed by atoms with Crippen LogP contribution in [0.25, 0.3) is 11.3 Å². The first-order chi connectivity index (χ1) is 19.6. The predicted molar refractivity (Wildman–Crippen MR) is 156 cm³/mol. The van der Waals surface area contributed by atoms with E-state index in [-0.39, 0.29) is 35.6 Å². The standard InChI is InChI=1S/C29H29N5O6S/c1-33(25(35)18-34-12-14-41(38,39)15-13-34)21-10-8-20(9-11-21)31-27(19-6-4-3-5-7-19)26-22-17-30-24(29(37)40-2)16-23(22)32-28(26)36/h3-11,16-17,31H,12-15,18H2,1-2H3,(H,32,36)/b27-26-. The Morgan fingerprint density at radius 3 is 2.41 bits per heavy atom. The van der Waals surface area contributed by atoms with Crippen molar-refractivity contribution in [3.63, 3.8) is 0 Å². The average molecular weight is 576 g/mol. The van der Waals surface area contributed by atoms with Gasteiger partial charge in [0.25, 0.3) is 5.91 Å². The Morgan fingerprint density at radius 1 is 1.07 bits per heavy atom. The lowest BCUT2D eigenvalue weighted by atomic mass is 10.0. The van der Waals surface area contributed by atoms with Crippen LogP contribution in [0, 0.1) is 0 Å². The van der Waals surface area contributed by atoms with Crippen molar-refractivity contribution < 1.29 is 27.5 Å². The summed E-state index contributed by atoms with van der Waals surface area (Å²) in [5.41, 5.74) is 4.12. The molecule has 1 aromatic heterocycles. The summed E-state index contributed by atoms with van der Waals surface area (Å²) in [6, 6.07) is 18.1. The maximum Gasteiger partial charge on any atom is 0.356 e. The normalized spacial score (nSPS) is 17.3. The summed E-state index contributed by atoms with van der Waals surface area (Å²) in [7, 11) is -0.0725. The molecule has 2 aliphatic heterocycles. The zero-order chi connectivity index (χ0) is 29.1. The van der Waals surface area contributed by atoms with Crippen LogP contribution in [0.2, 0.25) is 0 Å². The number of pyridine rings is 1. The number of nitrogens with one attached hydrogen (secondary N) is 2. The second-order valence-corrected chi connectivity index (χ2v) is 12.0. The third kappa shape index (κ3) is 6.13. The molecular weight excluding hydrogens is 546 g/mol. The number of rotatable bonds is 7. The molecule has 0 radical (unpaired) electrons. The van der Waals surface area contributed by atoms with Crippen molar-refractivity contribution in [1.29, 1.82) is 0 Å². The number of hydrogen-bond donors (Lipinski definition) is 2. The van der Waals surface area contributed by atoms with Gasteiger partial charge >= 0.3 is 5.97 Å². The Kier molecular flexibility index (Phi) is 7.86. The minimum absolute atomic E-state index is 0.0641. The van der Waals surface area contributed by atoms with Gasteiger partial charge in [0.1, 0.15) is 5.69 Å². The van der Waals surface area contributed by atoms with Gasteiger partial charge in [-0.25, -0.2) is 18.2 Å². The second-order valence-electron chi connectivity index (χ2n) is 9.73. The summed E-state index contributed by atoms with van der Waals surface area (Å²) < 4.78 is 28.1. The monoisotopic (exact) mass is 575 g/mol. The molecule has 0 unspecified atom stereocenters. The number of esters is 1. The minimum atomic E-state index is -3.02. The van der Waals surface area contributed by atoms with E-state index in [9.17, 15) is 22.8 Å². The number of carbonyl (C=O) groups excluding carboxylic acids is 3. The van der Waals surface area contributed by atoms with Crippen LogP contribution in [-0.4, -0.2) is 81.4 Å². The Bertz CT molecular complexity index is 1620. The summed E-state index contributed by atoms with van der Waals surface area (Å²) in [4.78, 5) is 45.5. The van der Waals surface area contributed by atoms with Gasteiger partial charge in [-0.2, -0.15) is 0 Å². The lowest BCUT2D eigenvalue weighted by Gasteiger charge is -2.28. The molecule has 212 valence electrons. The fourth-order valence-electron chi connectivity index (χ4n) is 4.68. The van der Waals surface area contributed by atoms with Gasteiger partial charge in [-0.15, -0.1) is 0 Å². The van der Waals surface area contributed by atoms with Crippen molar-refractivity contribution >= 4 is 56.0 Å². The summed E-state index contributed by atoms with van der Waals surface area (Å²) in [6.45, 7) is 0.826. The predicted octanol–water partition coefficient (Wildman–Crippen LogP) is 2.49. The van der Waals surface area contributed by atoms with E-state index in [1.54, 1.807) is 19.2 Å². The quantitative estimate of drug-likeness (QED) is 0.321. The maximum absolute atomic E-state index is 13.2. The second kappa shape index (κ2) is 11.5. The highest BCUT2D eigenvalue weighted by molar-refractivity contribution is 7.91. The van der Waals surface area contributed by atoms with Crippen molar-refractivity contribution in [2.75, 3.05) is 60.8 Å². The molecular formula is C29H29N5O6S.